The first-order valence-corrected chi connectivity index (χ1v) is 5.59. The minimum absolute atomic E-state index is 0.725. The Morgan fingerprint density at radius 2 is 2.15 bits per heavy atom. The van der Waals surface area contributed by atoms with Gasteiger partial charge in [-0.05, 0) is 44.4 Å². The molecule has 1 saturated heterocycles. The summed E-state index contributed by atoms with van der Waals surface area (Å²) in [6.45, 7) is 8.86. The van der Waals surface area contributed by atoms with Gasteiger partial charge in [0.2, 0.25) is 0 Å². The van der Waals surface area contributed by atoms with Crippen molar-refractivity contribution in [2.24, 2.45) is 11.8 Å². The summed E-state index contributed by atoms with van der Waals surface area (Å²) >= 11 is 0. The van der Waals surface area contributed by atoms with Crippen LogP contribution in [0.15, 0.2) is 12.2 Å². The summed E-state index contributed by atoms with van der Waals surface area (Å²) in [4.78, 5) is 0. The summed E-state index contributed by atoms with van der Waals surface area (Å²) in [5, 5.41) is 3.73. The van der Waals surface area contributed by atoms with Crippen molar-refractivity contribution < 1.29 is 0 Å². The van der Waals surface area contributed by atoms with E-state index in [4.69, 9.17) is 0 Å². The molecule has 0 bridgehead atoms. The summed E-state index contributed by atoms with van der Waals surface area (Å²) in [6.07, 6.45) is 5.17. The molecule has 1 aliphatic heterocycles. The Bertz CT molecular complexity index is 209. The molecule has 0 aromatic carbocycles. The molecule has 1 saturated carbocycles. The second-order valence-electron chi connectivity index (χ2n) is 5.04. The Kier molecular flexibility index (Phi) is 2.46. The average Bonchev–Trinajstić information content (AvgIpc) is 2.06. The molecule has 0 spiro atoms. The van der Waals surface area contributed by atoms with Crippen LogP contribution in [0.5, 0.6) is 0 Å². The van der Waals surface area contributed by atoms with Gasteiger partial charge in [-0.3, -0.25) is 0 Å². The lowest BCUT2D eigenvalue weighted by atomic mass is 9.71. The van der Waals surface area contributed by atoms with Gasteiger partial charge in [-0.2, -0.15) is 0 Å². The normalized spacial score (nSPS) is 45.8. The van der Waals surface area contributed by atoms with Crippen molar-refractivity contribution in [3.8, 4) is 0 Å². The van der Waals surface area contributed by atoms with Crippen molar-refractivity contribution in [1.29, 1.82) is 0 Å². The zero-order chi connectivity index (χ0) is 9.42. The number of hydrogen-bond acceptors (Lipinski definition) is 1. The molecule has 0 aromatic rings. The Morgan fingerprint density at radius 1 is 1.38 bits per heavy atom. The molecule has 1 N–H and O–H groups in total. The van der Waals surface area contributed by atoms with E-state index < -0.39 is 0 Å². The Hall–Kier alpha value is -0.300. The van der Waals surface area contributed by atoms with E-state index in [1.807, 2.05) is 0 Å². The van der Waals surface area contributed by atoms with Crippen LogP contribution in [0.1, 0.15) is 39.5 Å². The Labute approximate surface area is 81.6 Å². The maximum Gasteiger partial charge on any atom is 0.0106 e. The molecule has 4 atom stereocenters. The van der Waals surface area contributed by atoms with Gasteiger partial charge in [-0.15, -0.1) is 0 Å². The number of nitrogens with one attached hydrogen (secondary N) is 1. The van der Waals surface area contributed by atoms with Crippen molar-refractivity contribution in [1.82, 2.24) is 5.32 Å². The fourth-order valence-corrected chi connectivity index (χ4v) is 3.12. The fourth-order valence-electron chi connectivity index (χ4n) is 3.12. The van der Waals surface area contributed by atoms with Crippen LogP contribution in [-0.2, 0) is 0 Å². The van der Waals surface area contributed by atoms with Gasteiger partial charge in [0.25, 0.3) is 0 Å². The smallest absolute Gasteiger partial charge is 0.0106 e. The SMILES string of the molecule is C=C1CCC2NC(C)CC(C)C2C1. The number of fused-ring (bicyclic) bond motifs is 1. The lowest BCUT2D eigenvalue weighted by Crippen LogP contribution is -2.51. The van der Waals surface area contributed by atoms with E-state index in [1.165, 1.54) is 31.3 Å². The van der Waals surface area contributed by atoms with Crippen LogP contribution in [-0.4, -0.2) is 12.1 Å². The summed E-state index contributed by atoms with van der Waals surface area (Å²) in [7, 11) is 0. The predicted molar refractivity (Wildman–Crippen MR) is 56.6 cm³/mol. The lowest BCUT2D eigenvalue weighted by Gasteiger charge is -2.44. The molecule has 2 rings (SSSR count). The second kappa shape index (κ2) is 3.45. The van der Waals surface area contributed by atoms with Gasteiger partial charge < -0.3 is 5.32 Å². The standard InChI is InChI=1S/C12H21N/c1-8-4-5-12-11(6-8)9(2)7-10(3)13-12/h9-13H,1,4-7H2,2-3H3. The third-order valence-corrected chi connectivity index (χ3v) is 3.80. The molecule has 4 unspecified atom stereocenters. The van der Waals surface area contributed by atoms with Gasteiger partial charge in [0.15, 0.2) is 0 Å². The minimum atomic E-state index is 0.725. The maximum atomic E-state index is 4.13. The third-order valence-electron chi connectivity index (χ3n) is 3.80. The van der Waals surface area contributed by atoms with Crippen LogP contribution in [0.4, 0.5) is 0 Å². The van der Waals surface area contributed by atoms with E-state index in [0.29, 0.717) is 0 Å². The van der Waals surface area contributed by atoms with Crippen molar-refractivity contribution in [3.05, 3.63) is 12.2 Å². The largest absolute Gasteiger partial charge is 0.311 e. The van der Waals surface area contributed by atoms with E-state index in [0.717, 1.165) is 23.9 Å². The Morgan fingerprint density at radius 3 is 2.92 bits per heavy atom. The molecular weight excluding hydrogens is 158 g/mol. The molecule has 0 aromatic heterocycles. The molecule has 13 heavy (non-hydrogen) atoms. The van der Waals surface area contributed by atoms with Gasteiger partial charge in [0.05, 0.1) is 0 Å². The van der Waals surface area contributed by atoms with Gasteiger partial charge >= 0.3 is 0 Å². The zero-order valence-corrected chi connectivity index (χ0v) is 8.84. The molecular formula is C12H21N. The number of hydrogen-bond donors (Lipinski definition) is 1. The number of allylic oxidation sites excluding steroid dienone is 1. The molecule has 0 radical (unpaired) electrons. The fraction of sp³-hybridized carbons (Fsp3) is 0.833. The van der Waals surface area contributed by atoms with Crippen molar-refractivity contribution in [2.45, 2.75) is 51.6 Å². The highest BCUT2D eigenvalue weighted by molar-refractivity contribution is 5.06. The van der Waals surface area contributed by atoms with Crippen LogP contribution in [0.25, 0.3) is 0 Å². The first-order chi connectivity index (χ1) is 6.16. The molecule has 2 fully saturated rings. The monoisotopic (exact) mass is 179 g/mol. The zero-order valence-electron chi connectivity index (χ0n) is 8.84. The minimum Gasteiger partial charge on any atom is -0.311 e. The average molecular weight is 179 g/mol. The maximum absolute atomic E-state index is 4.13. The van der Waals surface area contributed by atoms with Crippen LogP contribution >= 0.6 is 0 Å². The quantitative estimate of drug-likeness (QED) is 0.564. The van der Waals surface area contributed by atoms with Crippen LogP contribution in [0, 0.1) is 11.8 Å². The van der Waals surface area contributed by atoms with E-state index >= 15 is 0 Å². The molecule has 0 amide bonds. The molecule has 2 aliphatic rings. The molecule has 1 aliphatic carbocycles. The van der Waals surface area contributed by atoms with E-state index in [-0.39, 0.29) is 0 Å². The highest BCUT2D eigenvalue weighted by atomic mass is 15.0. The van der Waals surface area contributed by atoms with Crippen molar-refractivity contribution in [2.75, 3.05) is 0 Å². The highest BCUT2D eigenvalue weighted by Crippen LogP contribution is 2.37. The first kappa shape index (κ1) is 9.26. The first-order valence-electron chi connectivity index (χ1n) is 5.59. The van der Waals surface area contributed by atoms with E-state index in [2.05, 4.69) is 25.7 Å². The molecule has 1 heteroatoms. The van der Waals surface area contributed by atoms with Crippen LogP contribution in [0.2, 0.25) is 0 Å². The molecule has 1 heterocycles. The summed E-state index contributed by atoms with van der Waals surface area (Å²) < 4.78 is 0. The van der Waals surface area contributed by atoms with Gasteiger partial charge in [0.1, 0.15) is 0 Å². The molecule has 74 valence electrons. The van der Waals surface area contributed by atoms with Crippen LogP contribution < -0.4 is 5.32 Å². The summed E-state index contributed by atoms with van der Waals surface area (Å²) in [5.74, 6) is 1.76. The Balaban J connectivity index is 2.06. The van der Waals surface area contributed by atoms with Crippen LogP contribution in [0.3, 0.4) is 0 Å². The lowest BCUT2D eigenvalue weighted by molar-refractivity contribution is 0.144. The highest BCUT2D eigenvalue weighted by Gasteiger charge is 2.35. The second-order valence-corrected chi connectivity index (χ2v) is 5.04. The summed E-state index contributed by atoms with van der Waals surface area (Å²) in [6, 6.07) is 1.51. The predicted octanol–water partition coefficient (Wildman–Crippen LogP) is 2.73. The van der Waals surface area contributed by atoms with Crippen molar-refractivity contribution in [3.63, 3.8) is 0 Å². The van der Waals surface area contributed by atoms with Gasteiger partial charge in [-0.25, -0.2) is 0 Å². The summed E-state index contributed by atoms with van der Waals surface area (Å²) in [5.41, 5.74) is 1.48. The van der Waals surface area contributed by atoms with E-state index in [9.17, 15) is 0 Å². The topological polar surface area (TPSA) is 12.0 Å². The van der Waals surface area contributed by atoms with Gasteiger partial charge in [-0.1, -0.05) is 19.1 Å². The van der Waals surface area contributed by atoms with E-state index in [1.54, 1.807) is 0 Å². The van der Waals surface area contributed by atoms with Gasteiger partial charge in [0, 0.05) is 12.1 Å². The number of rotatable bonds is 0. The van der Waals surface area contributed by atoms with Crippen molar-refractivity contribution >= 4 is 0 Å². The number of piperidine rings is 1. The molecule has 1 nitrogen and oxygen atoms in total. The third kappa shape index (κ3) is 1.80.